The maximum atomic E-state index is 5.97. The van der Waals surface area contributed by atoms with E-state index in [0.29, 0.717) is 5.15 Å². The second kappa shape index (κ2) is 6.56. The van der Waals surface area contributed by atoms with Gasteiger partial charge in [-0.1, -0.05) is 35.9 Å². The van der Waals surface area contributed by atoms with Gasteiger partial charge in [0.1, 0.15) is 5.15 Å². The number of pyridine rings is 1. The van der Waals surface area contributed by atoms with E-state index in [1.54, 1.807) is 0 Å². The third-order valence-electron chi connectivity index (χ3n) is 3.81. The van der Waals surface area contributed by atoms with Crippen molar-refractivity contribution in [3.8, 4) is 11.1 Å². The van der Waals surface area contributed by atoms with Gasteiger partial charge >= 0.3 is 0 Å². The van der Waals surface area contributed by atoms with Crippen LogP contribution in [0.4, 0.5) is 0 Å². The lowest BCUT2D eigenvalue weighted by atomic mass is 10.0. The fourth-order valence-electron chi connectivity index (χ4n) is 2.54. The van der Waals surface area contributed by atoms with E-state index in [0.717, 1.165) is 44.0 Å². The molecule has 1 aromatic carbocycles. The van der Waals surface area contributed by atoms with E-state index in [2.05, 4.69) is 40.2 Å². The molecule has 2 heterocycles. The zero-order valence-corrected chi connectivity index (χ0v) is 12.9. The molecule has 4 heteroatoms. The highest BCUT2D eigenvalue weighted by atomic mass is 35.5. The summed E-state index contributed by atoms with van der Waals surface area (Å²) < 4.78 is 5.38. The highest BCUT2D eigenvalue weighted by Crippen LogP contribution is 2.23. The van der Waals surface area contributed by atoms with Gasteiger partial charge in [-0.25, -0.2) is 4.98 Å². The van der Waals surface area contributed by atoms with E-state index in [1.807, 2.05) is 13.1 Å². The number of benzene rings is 1. The van der Waals surface area contributed by atoms with E-state index in [1.165, 1.54) is 11.1 Å². The standard InChI is InChI=1S/C17H19ClN2O/c1-13-10-16(11-19-17(13)18)15-4-2-14(3-5-15)12-20-6-8-21-9-7-20/h2-5,10-11H,6-9,12H2,1H3. The molecule has 0 aliphatic carbocycles. The Morgan fingerprint density at radius 3 is 2.52 bits per heavy atom. The molecule has 1 aliphatic heterocycles. The van der Waals surface area contributed by atoms with Crippen LogP contribution < -0.4 is 0 Å². The average molecular weight is 303 g/mol. The number of halogens is 1. The fourth-order valence-corrected chi connectivity index (χ4v) is 2.64. The number of morpholine rings is 1. The van der Waals surface area contributed by atoms with Crippen LogP contribution in [-0.4, -0.2) is 36.2 Å². The minimum Gasteiger partial charge on any atom is -0.379 e. The van der Waals surface area contributed by atoms with Crippen LogP contribution in [0, 0.1) is 6.92 Å². The Bertz CT molecular complexity index is 607. The third-order valence-corrected chi connectivity index (χ3v) is 4.21. The van der Waals surface area contributed by atoms with E-state index < -0.39 is 0 Å². The summed E-state index contributed by atoms with van der Waals surface area (Å²) in [5.41, 5.74) is 4.62. The maximum absolute atomic E-state index is 5.97. The lowest BCUT2D eigenvalue weighted by molar-refractivity contribution is 0.0342. The molecule has 0 bridgehead atoms. The summed E-state index contributed by atoms with van der Waals surface area (Å²) in [4.78, 5) is 6.64. The molecule has 0 unspecified atom stereocenters. The van der Waals surface area contributed by atoms with Gasteiger partial charge in [-0.15, -0.1) is 0 Å². The number of ether oxygens (including phenoxy) is 1. The first-order valence-corrected chi connectivity index (χ1v) is 7.62. The molecule has 21 heavy (non-hydrogen) atoms. The molecule has 1 saturated heterocycles. The minimum absolute atomic E-state index is 0.572. The number of hydrogen-bond donors (Lipinski definition) is 0. The largest absolute Gasteiger partial charge is 0.379 e. The molecule has 110 valence electrons. The van der Waals surface area contributed by atoms with Crippen molar-refractivity contribution < 1.29 is 4.74 Å². The topological polar surface area (TPSA) is 25.4 Å². The van der Waals surface area contributed by atoms with E-state index in [9.17, 15) is 0 Å². The molecule has 0 N–H and O–H groups in total. The number of nitrogens with zero attached hydrogens (tertiary/aromatic N) is 2. The molecular weight excluding hydrogens is 284 g/mol. The molecule has 2 aromatic rings. The lowest BCUT2D eigenvalue weighted by Crippen LogP contribution is -2.35. The summed E-state index contributed by atoms with van der Waals surface area (Å²) >= 11 is 5.97. The van der Waals surface area contributed by atoms with Gasteiger partial charge in [0.2, 0.25) is 0 Å². The van der Waals surface area contributed by atoms with Gasteiger partial charge in [-0.2, -0.15) is 0 Å². The molecular formula is C17H19ClN2O. The minimum atomic E-state index is 0.572. The highest BCUT2D eigenvalue weighted by molar-refractivity contribution is 6.30. The Balaban J connectivity index is 1.72. The quantitative estimate of drug-likeness (QED) is 0.811. The first kappa shape index (κ1) is 14.5. The average Bonchev–Trinajstić information content (AvgIpc) is 2.52. The summed E-state index contributed by atoms with van der Waals surface area (Å²) in [5.74, 6) is 0. The SMILES string of the molecule is Cc1cc(-c2ccc(CN3CCOCC3)cc2)cnc1Cl. The van der Waals surface area contributed by atoms with Crippen LogP contribution in [0.3, 0.4) is 0 Å². The molecule has 0 saturated carbocycles. The van der Waals surface area contributed by atoms with Crippen LogP contribution in [0.2, 0.25) is 5.15 Å². The number of aryl methyl sites for hydroxylation is 1. The molecule has 0 radical (unpaired) electrons. The normalized spacial score (nSPS) is 16.1. The number of rotatable bonds is 3. The zero-order chi connectivity index (χ0) is 14.7. The second-order valence-corrected chi connectivity index (χ2v) is 5.78. The summed E-state index contributed by atoms with van der Waals surface area (Å²) in [7, 11) is 0. The molecule has 3 rings (SSSR count). The van der Waals surface area contributed by atoms with Crippen LogP contribution in [0.25, 0.3) is 11.1 Å². The molecule has 1 fully saturated rings. The predicted molar refractivity (Wildman–Crippen MR) is 85.5 cm³/mol. The van der Waals surface area contributed by atoms with Gasteiger partial charge in [0, 0.05) is 31.4 Å². The van der Waals surface area contributed by atoms with Crippen molar-refractivity contribution in [2.45, 2.75) is 13.5 Å². The Hall–Kier alpha value is -1.42. The van der Waals surface area contributed by atoms with Crippen molar-refractivity contribution >= 4 is 11.6 Å². The van der Waals surface area contributed by atoms with Crippen molar-refractivity contribution in [2.24, 2.45) is 0 Å². The summed E-state index contributed by atoms with van der Waals surface area (Å²) in [5, 5.41) is 0.572. The Labute approximate surface area is 130 Å². The fraction of sp³-hybridized carbons (Fsp3) is 0.353. The second-order valence-electron chi connectivity index (χ2n) is 5.42. The van der Waals surface area contributed by atoms with Gasteiger partial charge in [0.05, 0.1) is 13.2 Å². The van der Waals surface area contributed by atoms with Gasteiger partial charge < -0.3 is 4.74 Å². The van der Waals surface area contributed by atoms with E-state index in [-0.39, 0.29) is 0 Å². The predicted octanol–water partition coefficient (Wildman–Crippen LogP) is 3.54. The molecule has 1 aromatic heterocycles. The van der Waals surface area contributed by atoms with Crippen LogP contribution in [0.5, 0.6) is 0 Å². The zero-order valence-electron chi connectivity index (χ0n) is 12.2. The Morgan fingerprint density at radius 2 is 1.86 bits per heavy atom. The highest BCUT2D eigenvalue weighted by Gasteiger charge is 2.10. The van der Waals surface area contributed by atoms with Crippen LogP contribution in [0.15, 0.2) is 36.5 Å². The Kier molecular flexibility index (Phi) is 4.54. The maximum Gasteiger partial charge on any atom is 0.131 e. The monoisotopic (exact) mass is 302 g/mol. The first-order chi connectivity index (χ1) is 10.2. The molecule has 3 nitrogen and oxygen atoms in total. The van der Waals surface area contributed by atoms with Crippen LogP contribution in [0.1, 0.15) is 11.1 Å². The van der Waals surface area contributed by atoms with Crippen LogP contribution >= 0.6 is 11.6 Å². The smallest absolute Gasteiger partial charge is 0.131 e. The molecule has 0 spiro atoms. The van der Waals surface area contributed by atoms with E-state index in [4.69, 9.17) is 16.3 Å². The van der Waals surface area contributed by atoms with Crippen molar-refractivity contribution in [1.82, 2.24) is 9.88 Å². The number of hydrogen-bond acceptors (Lipinski definition) is 3. The van der Waals surface area contributed by atoms with Gasteiger partial charge in [-0.05, 0) is 29.7 Å². The van der Waals surface area contributed by atoms with Gasteiger partial charge in [-0.3, -0.25) is 4.90 Å². The summed E-state index contributed by atoms with van der Waals surface area (Å²) in [6, 6.07) is 10.8. The van der Waals surface area contributed by atoms with Crippen molar-refractivity contribution in [1.29, 1.82) is 0 Å². The van der Waals surface area contributed by atoms with Crippen LogP contribution in [-0.2, 0) is 11.3 Å². The molecule has 0 atom stereocenters. The Morgan fingerprint density at radius 1 is 1.14 bits per heavy atom. The number of aromatic nitrogens is 1. The van der Waals surface area contributed by atoms with Crippen molar-refractivity contribution in [3.05, 3.63) is 52.8 Å². The summed E-state index contributed by atoms with van der Waals surface area (Å²) in [6.07, 6.45) is 1.83. The lowest BCUT2D eigenvalue weighted by Gasteiger charge is -2.26. The third kappa shape index (κ3) is 3.62. The molecule has 1 aliphatic rings. The van der Waals surface area contributed by atoms with E-state index >= 15 is 0 Å². The van der Waals surface area contributed by atoms with Crippen molar-refractivity contribution in [3.63, 3.8) is 0 Å². The summed E-state index contributed by atoms with van der Waals surface area (Å²) in [6.45, 7) is 6.68. The van der Waals surface area contributed by atoms with Gasteiger partial charge in [0.25, 0.3) is 0 Å². The van der Waals surface area contributed by atoms with Gasteiger partial charge in [0.15, 0.2) is 0 Å². The van der Waals surface area contributed by atoms with Crippen molar-refractivity contribution in [2.75, 3.05) is 26.3 Å². The first-order valence-electron chi connectivity index (χ1n) is 7.24. The molecule has 0 amide bonds.